The van der Waals surface area contributed by atoms with E-state index in [9.17, 15) is 22.8 Å². The fraction of sp³-hybridized carbons (Fsp3) is 0.526. The molecule has 29 heavy (non-hydrogen) atoms. The predicted molar refractivity (Wildman–Crippen MR) is 106 cm³/mol. The molecule has 4 rings (SSSR count). The largest absolute Gasteiger partial charge is 0.345 e. The zero-order chi connectivity index (χ0) is 20.6. The van der Waals surface area contributed by atoms with Gasteiger partial charge in [0.15, 0.2) is 0 Å². The second-order valence-corrected chi connectivity index (χ2v) is 9.63. The topological polar surface area (TPSA) is 107 Å². The number of piperazine rings is 1. The van der Waals surface area contributed by atoms with Gasteiger partial charge in [-0.15, -0.1) is 0 Å². The van der Waals surface area contributed by atoms with E-state index in [1.807, 2.05) is 0 Å². The lowest BCUT2D eigenvalue weighted by molar-refractivity contribution is -0.146. The molecule has 2 saturated heterocycles. The molecule has 1 saturated carbocycles. The normalized spacial score (nSPS) is 21.2. The maximum atomic E-state index is 12.7. The van der Waals surface area contributed by atoms with Crippen LogP contribution in [-0.2, 0) is 19.6 Å². The second kappa shape index (κ2) is 7.66. The second-order valence-electron chi connectivity index (χ2n) is 7.62. The van der Waals surface area contributed by atoms with Gasteiger partial charge in [0.1, 0.15) is 0 Å². The molecule has 2 aliphatic heterocycles. The highest BCUT2D eigenvalue weighted by molar-refractivity contribution is 7.93. The van der Waals surface area contributed by atoms with Gasteiger partial charge < -0.3 is 15.1 Å². The van der Waals surface area contributed by atoms with E-state index in [1.165, 1.54) is 9.21 Å². The number of sulfonamides is 1. The number of nitrogens with one attached hydrogen (secondary N) is 1. The molecule has 2 heterocycles. The van der Waals surface area contributed by atoms with Gasteiger partial charge in [-0.25, -0.2) is 8.42 Å². The van der Waals surface area contributed by atoms with Gasteiger partial charge in [0.05, 0.1) is 11.4 Å². The summed E-state index contributed by atoms with van der Waals surface area (Å²) in [6.45, 7) is 1.78. The van der Waals surface area contributed by atoms with E-state index in [1.54, 1.807) is 29.2 Å². The van der Waals surface area contributed by atoms with Gasteiger partial charge in [0.25, 0.3) is 5.91 Å². The van der Waals surface area contributed by atoms with Crippen LogP contribution in [0.25, 0.3) is 0 Å². The Bertz CT molecular complexity index is 918. The number of hydrogen-bond acceptors (Lipinski definition) is 5. The molecule has 1 aromatic carbocycles. The number of anilines is 1. The summed E-state index contributed by atoms with van der Waals surface area (Å²) in [4.78, 5) is 39.9. The first kappa shape index (κ1) is 19.7. The van der Waals surface area contributed by atoms with Crippen molar-refractivity contribution in [3.63, 3.8) is 0 Å². The third-order valence-electron chi connectivity index (χ3n) is 5.46. The van der Waals surface area contributed by atoms with Crippen LogP contribution in [0.2, 0.25) is 0 Å². The smallest absolute Gasteiger partial charge is 0.312 e. The van der Waals surface area contributed by atoms with Crippen molar-refractivity contribution in [2.45, 2.75) is 25.3 Å². The number of hydrogen-bond donors (Lipinski definition) is 1. The van der Waals surface area contributed by atoms with Gasteiger partial charge in [-0.2, -0.15) is 0 Å². The number of rotatable bonds is 3. The molecule has 0 aromatic heterocycles. The van der Waals surface area contributed by atoms with Gasteiger partial charge in [0, 0.05) is 44.3 Å². The molecule has 0 bridgehead atoms. The number of carbonyl (C=O) groups excluding carboxylic acids is 3. The van der Waals surface area contributed by atoms with Crippen LogP contribution in [0.4, 0.5) is 5.69 Å². The molecule has 1 aliphatic carbocycles. The van der Waals surface area contributed by atoms with E-state index < -0.39 is 21.8 Å². The van der Waals surface area contributed by atoms with Gasteiger partial charge >= 0.3 is 11.8 Å². The summed E-state index contributed by atoms with van der Waals surface area (Å²) < 4.78 is 25.4. The summed E-state index contributed by atoms with van der Waals surface area (Å²) in [6, 6.07) is 6.70. The van der Waals surface area contributed by atoms with Crippen LogP contribution >= 0.6 is 0 Å². The van der Waals surface area contributed by atoms with Gasteiger partial charge in [0.2, 0.25) is 10.0 Å². The molecule has 9 nitrogen and oxygen atoms in total. The summed E-state index contributed by atoms with van der Waals surface area (Å²) >= 11 is 0. The van der Waals surface area contributed by atoms with Crippen molar-refractivity contribution in [3.05, 3.63) is 29.8 Å². The predicted octanol–water partition coefficient (Wildman–Crippen LogP) is -0.210. The maximum absolute atomic E-state index is 12.7. The Hall–Kier alpha value is -2.62. The Morgan fingerprint density at radius 3 is 2.07 bits per heavy atom. The van der Waals surface area contributed by atoms with Crippen molar-refractivity contribution in [3.8, 4) is 0 Å². The molecule has 0 spiro atoms. The average Bonchev–Trinajstić information content (AvgIpc) is 3.47. The minimum Gasteiger partial charge on any atom is -0.345 e. The quantitative estimate of drug-likeness (QED) is 0.681. The summed E-state index contributed by atoms with van der Waals surface area (Å²) in [5.41, 5.74) is 1.03. The monoisotopic (exact) mass is 420 g/mol. The molecular weight excluding hydrogens is 396 g/mol. The average molecular weight is 420 g/mol. The van der Waals surface area contributed by atoms with Crippen LogP contribution in [0.15, 0.2) is 24.3 Å². The van der Waals surface area contributed by atoms with Crippen molar-refractivity contribution in [2.75, 3.05) is 42.8 Å². The lowest BCUT2D eigenvalue weighted by Gasteiger charge is -2.34. The lowest BCUT2D eigenvalue weighted by atomic mass is 10.1. The number of amides is 3. The van der Waals surface area contributed by atoms with Crippen LogP contribution in [-0.4, -0.2) is 80.5 Å². The van der Waals surface area contributed by atoms with Gasteiger partial charge in [-0.3, -0.25) is 18.7 Å². The zero-order valence-electron chi connectivity index (χ0n) is 16.0. The molecule has 1 N–H and O–H groups in total. The van der Waals surface area contributed by atoms with E-state index in [0.29, 0.717) is 50.4 Å². The van der Waals surface area contributed by atoms with E-state index >= 15 is 0 Å². The standard InChI is InChI=1S/C19H24N4O5S/c24-17(20-15-4-5-15)19(26)22-11-9-21(10-12-22)18(25)14-2-6-16(7-3-14)23-8-1-13-29(23,27)28/h2-3,6-7,15H,1,4-5,8-13H2,(H,20,24). The van der Waals surface area contributed by atoms with E-state index in [0.717, 1.165) is 12.8 Å². The minimum absolute atomic E-state index is 0.132. The van der Waals surface area contributed by atoms with Crippen molar-refractivity contribution in [2.24, 2.45) is 0 Å². The van der Waals surface area contributed by atoms with Crippen molar-refractivity contribution >= 4 is 33.4 Å². The Kier molecular flexibility index (Phi) is 5.20. The molecule has 0 unspecified atom stereocenters. The van der Waals surface area contributed by atoms with E-state index in [-0.39, 0.29) is 17.7 Å². The van der Waals surface area contributed by atoms with Crippen LogP contribution in [0.1, 0.15) is 29.6 Å². The van der Waals surface area contributed by atoms with E-state index in [4.69, 9.17) is 0 Å². The van der Waals surface area contributed by atoms with Crippen molar-refractivity contribution in [1.29, 1.82) is 0 Å². The Balaban J connectivity index is 1.33. The van der Waals surface area contributed by atoms with Crippen LogP contribution in [0.3, 0.4) is 0 Å². The summed E-state index contributed by atoms with van der Waals surface area (Å²) in [5.74, 6) is -1.13. The molecule has 3 aliphatic rings. The minimum atomic E-state index is -3.25. The highest BCUT2D eigenvalue weighted by atomic mass is 32.2. The number of carbonyl (C=O) groups is 3. The molecule has 3 amide bonds. The number of benzene rings is 1. The highest BCUT2D eigenvalue weighted by Crippen LogP contribution is 2.24. The third kappa shape index (κ3) is 4.21. The fourth-order valence-electron chi connectivity index (χ4n) is 3.61. The maximum Gasteiger partial charge on any atom is 0.312 e. The Morgan fingerprint density at radius 2 is 1.52 bits per heavy atom. The fourth-order valence-corrected chi connectivity index (χ4v) is 5.18. The van der Waals surface area contributed by atoms with Gasteiger partial charge in [-0.05, 0) is 43.5 Å². The van der Waals surface area contributed by atoms with Crippen molar-refractivity contribution in [1.82, 2.24) is 15.1 Å². The first-order valence-electron chi connectivity index (χ1n) is 9.85. The van der Waals surface area contributed by atoms with Crippen LogP contribution in [0, 0.1) is 0 Å². The van der Waals surface area contributed by atoms with E-state index in [2.05, 4.69) is 5.32 Å². The SMILES string of the molecule is O=C(NC1CC1)C(=O)N1CCN(C(=O)c2ccc(N3CCCS3(=O)=O)cc2)CC1. The summed E-state index contributed by atoms with van der Waals surface area (Å²) in [5, 5.41) is 2.69. The molecule has 0 radical (unpaired) electrons. The van der Waals surface area contributed by atoms with Crippen LogP contribution < -0.4 is 9.62 Å². The highest BCUT2D eigenvalue weighted by Gasteiger charge is 2.32. The molecule has 156 valence electrons. The molecule has 1 aromatic rings. The first-order chi connectivity index (χ1) is 13.8. The summed E-state index contributed by atoms with van der Waals surface area (Å²) in [7, 11) is -3.25. The van der Waals surface area contributed by atoms with Crippen molar-refractivity contribution < 1.29 is 22.8 Å². The van der Waals surface area contributed by atoms with Gasteiger partial charge in [-0.1, -0.05) is 0 Å². The third-order valence-corrected chi connectivity index (χ3v) is 7.33. The Labute approximate surface area is 169 Å². The lowest BCUT2D eigenvalue weighted by Crippen LogP contribution is -2.54. The Morgan fingerprint density at radius 1 is 0.897 bits per heavy atom. The molecule has 10 heteroatoms. The first-order valence-corrected chi connectivity index (χ1v) is 11.5. The van der Waals surface area contributed by atoms with Crippen LogP contribution in [0.5, 0.6) is 0 Å². The summed E-state index contributed by atoms with van der Waals surface area (Å²) in [6.07, 6.45) is 2.44. The number of nitrogens with zero attached hydrogens (tertiary/aromatic N) is 3. The molecule has 3 fully saturated rings. The molecule has 0 atom stereocenters. The molecular formula is C19H24N4O5S. The zero-order valence-corrected chi connectivity index (χ0v) is 16.9.